The Hall–Kier alpha value is -1.31. The smallest absolute Gasteiger partial charge is 0.261 e. The molecular weight excluding hydrogens is 392 g/mol. The van der Waals surface area contributed by atoms with E-state index in [4.69, 9.17) is 16.3 Å². The zero-order chi connectivity index (χ0) is 16.3. The third kappa shape index (κ3) is 4.34. The highest BCUT2D eigenvalue weighted by atomic mass is 79.9. The summed E-state index contributed by atoms with van der Waals surface area (Å²) >= 11 is 9.00. The van der Waals surface area contributed by atoms with Crippen LogP contribution in [0, 0.1) is 0 Å². The van der Waals surface area contributed by atoms with E-state index >= 15 is 0 Å². The molecule has 22 heavy (non-hydrogen) atoms. The molecule has 2 rings (SSSR count). The van der Waals surface area contributed by atoms with E-state index in [0.717, 1.165) is 0 Å². The minimum atomic E-state index is -3.73. The normalized spacial score (nSPS) is 11.5. The Balaban J connectivity index is 2.25. The van der Waals surface area contributed by atoms with Gasteiger partial charge in [0.1, 0.15) is 10.4 Å². The molecule has 1 aromatic carbocycles. The Morgan fingerprint density at radius 1 is 1.27 bits per heavy atom. The second kappa shape index (κ2) is 6.85. The van der Waals surface area contributed by atoms with E-state index in [-0.39, 0.29) is 16.7 Å². The third-order valence-electron chi connectivity index (χ3n) is 2.56. The highest BCUT2D eigenvalue weighted by Gasteiger charge is 2.16. The molecule has 0 saturated carbocycles. The average molecular weight is 406 g/mol. The zero-order valence-electron chi connectivity index (χ0n) is 11.9. The van der Waals surface area contributed by atoms with E-state index in [9.17, 15) is 8.42 Å². The lowest BCUT2D eigenvalue weighted by atomic mass is 10.3. The summed E-state index contributed by atoms with van der Waals surface area (Å²) in [4.78, 5) is 4.06. The lowest BCUT2D eigenvalue weighted by Crippen LogP contribution is -2.13. The maximum Gasteiger partial charge on any atom is 0.261 e. The molecule has 1 heterocycles. The number of anilines is 1. The highest BCUT2D eigenvalue weighted by Crippen LogP contribution is 2.26. The molecule has 8 heteroatoms. The predicted octanol–water partition coefficient (Wildman–Crippen LogP) is 4.09. The zero-order valence-corrected chi connectivity index (χ0v) is 15.0. The molecule has 1 aromatic heterocycles. The van der Waals surface area contributed by atoms with Gasteiger partial charge < -0.3 is 4.74 Å². The van der Waals surface area contributed by atoms with E-state index < -0.39 is 10.0 Å². The summed E-state index contributed by atoms with van der Waals surface area (Å²) in [6.45, 7) is 3.80. The van der Waals surface area contributed by atoms with E-state index in [0.29, 0.717) is 15.4 Å². The monoisotopic (exact) mass is 404 g/mol. The Morgan fingerprint density at radius 2 is 1.91 bits per heavy atom. The number of rotatable bonds is 5. The van der Waals surface area contributed by atoms with Crippen LogP contribution in [-0.2, 0) is 10.0 Å². The molecule has 0 radical (unpaired) electrons. The van der Waals surface area contributed by atoms with Crippen molar-refractivity contribution in [2.75, 3.05) is 4.72 Å². The molecule has 0 aliphatic heterocycles. The van der Waals surface area contributed by atoms with Gasteiger partial charge in [0.2, 0.25) is 0 Å². The number of nitrogens with zero attached hydrogens (tertiary/aromatic N) is 1. The summed E-state index contributed by atoms with van der Waals surface area (Å²) in [7, 11) is -3.73. The molecule has 0 aliphatic rings. The Morgan fingerprint density at radius 3 is 2.50 bits per heavy atom. The van der Waals surface area contributed by atoms with Gasteiger partial charge in [0.15, 0.2) is 0 Å². The minimum absolute atomic E-state index is 0.0223. The molecule has 0 fully saturated rings. The fraction of sp³-hybridized carbons (Fsp3) is 0.214. The largest absolute Gasteiger partial charge is 0.491 e. The van der Waals surface area contributed by atoms with E-state index in [1.54, 1.807) is 12.1 Å². The molecule has 2 aromatic rings. The average Bonchev–Trinajstić information content (AvgIpc) is 2.42. The van der Waals surface area contributed by atoms with Crippen LogP contribution >= 0.6 is 27.5 Å². The number of hydrogen-bond donors (Lipinski definition) is 1. The van der Waals surface area contributed by atoms with Crippen molar-refractivity contribution in [3.63, 3.8) is 0 Å². The standard InChI is InChI=1S/C14H14BrClN2O3S/c1-9(2)21-11-3-5-12(6-4-11)22(19,20)18-13-7-10(16)8-17-14(13)15/h3-9,18H,1-2H3. The van der Waals surface area contributed by atoms with Crippen LogP contribution in [0.5, 0.6) is 5.75 Å². The molecule has 118 valence electrons. The summed E-state index contributed by atoms with van der Waals surface area (Å²) in [5, 5.41) is 0.335. The lowest BCUT2D eigenvalue weighted by molar-refractivity contribution is 0.242. The number of pyridine rings is 1. The molecule has 0 spiro atoms. The maximum atomic E-state index is 12.4. The van der Waals surface area contributed by atoms with Crippen molar-refractivity contribution in [3.8, 4) is 5.75 Å². The Labute approximate surface area is 142 Å². The first kappa shape index (κ1) is 17.1. The third-order valence-corrected chi connectivity index (χ3v) is 4.78. The summed E-state index contributed by atoms with van der Waals surface area (Å²) in [6.07, 6.45) is 1.44. The van der Waals surface area contributed by atoms with Gasteiger partial charge in [-0.1, -0.05) is 11.6 Å². The van der Waals surface area contributed by atoms with Crippen molar-refractivity contribution >= 4 is 43.2 Å². The number of ether oxygens (including phenoxy) is 1. The van der Waals surface area contributed by atoms with Crippen LogP contribution in [0.15, 0.2) is 46.0 Å². The van der Waals surface area contributed by atoms with Crippen molar-refractivity contribution in [1.82, 2.24) is 4.98 Å². The Kier molecular flexibility index (Phi) is 5.31. The van der Waals surface area contributed by atoms with Gasteiger partial charge in [-0.3, -0.25) is 4.72 Å². The van der Waals surface area contributed by atoms with Gasteiger partial charge in [0.25, 0.3) is 10.0 Å². The Bertz CT molecular complexity index is 764. The predicted molar refractivity (Wildman–Crippen MR) is 90.0 cm³/mol. The van der Waals surface area contributed by atoms with Gasteiger partial charge in [-0.25, -0.2) is 13.4 Å². The molecule has 0 bridgehead atoms. The lowest BCUT2D eigenvalue weighted by Gasteiger charge is -2.12. The first-order valence-corrected chi connectivity index (χ1v) is 9.04. The van der Waals surface area contributed by atoms with Gasteiger partial charge in [-0.2, -0.15) is 0 Å². The number of aromatic nitrogens is 1. The van der Waals surface area contributed by atoms with Crippen LogP contribution < -0.4 is 9.46 Å². The van der Waals surface area contributed by atoms with Crippen LogP contribution in [0.2, 0.25) is 5.02 Å². The van der Waals surface area contributed by atoms with Crippen molar-refractivity contribution in [1.29, 1.82) is 0 Å². The van der Waals surface area contributed by atoms with E-state index in [1.807, 2.05) is 13.8 Å². The SMILES string of the molecule is CC(C)Oc1ccc(S(=O)(=O)Nc2cc(Cl)cnc2Br)cc1. The second-order valence-corrected chi connectivity index (χ2v) is 7.61. The number of nitrogens with one attached hydrogen (secondary N) is 1. The fourth-order valence-electron chi connectivity index (χ4n) is 1.67. The van der Waals surface area contributed by atoms with Gasteiger partial charge >= 0.3 is 0 Å². The van der Waals surface area contributed by atoms with Crippen LogP contribution in [-0.4, -0.2) is 19.5 Å². The van der Waals surface area contributed by atoms with Crippen LogP contribution in [0.3, 0.4) is 0 Å². The quantitative estimate of drug-likeness (QED) is 0.761. The molecule has 0 aliphatic carbocycles. The fourth-order valence-corrected chi connectivity index (χ4v) is 3.33. The molecule has 0 atom stereocenters. The van der Waals surface area contributed by atoms with E-state index in [1.165, 1.54) is 24.4 Å². The summed E-state index contributed by atoms with van der Waals surface area (Å²) in [5.41, 5.74) is 0.273. The molecule has 0 unspecified atom stereocenters. The van der Waals surface area contributed by atoms with Gasteiger partial charge in [-0.05, 0) is 60.1 Å². The topological polar surface area (TPSA) is 68.3 Å². The van der Waals surface area contributed by atoms with E-state index in [2.05, 4.69) is 25.6 Å². The molecule has 5 nitrogen and oxygen atoms in total. The van der Waals surface area contributed by atoms with Crippen molar-refractivity contribution in [2.45, 2.75) is 24.8 Å². The first-order chi connectivity index (χ1) is 10.3. The van der Waals surface area contributed by atoms with Gasteiger partial charge in [0.05, 0.1) is 21.7 Å². The maximum absolute atomic E-state index is 12.4. The van der Waals surface area contributed by atoms with Crippen LogP contribution in [0.4, 0.5) is 5.69 Å². The van der Waals surface area contributed by atoms with Gasteiger partial charge in [-0.15, -0.1) is 0 Å². The van der Waals surface area contributed by atoms with Crippen molar-refractivity contribution in [3.05, 3.63) is 46.2 Å². The molecule has 0 saturated heterocycles. The van der Waals surface area contributed by atoms with Gasteiger partial charge in [0, 0.05) is 6.20 Å². The summed E-state index contributed by atoms with van der Waals surface area (Å²) in [6, 6.07) is 7.66. The summed E-state index contributed by atoms with van der Waals surface area (Å²) < 4.78 is 33.0. The van der Waals surface area contributed by atoms with Crippen molar-refractivity contribution < 1.29 is 13.2 Å². The number of benzene rings is 1. The van der Waals surface area contributed by atoms with Crippen LogP contribution in [0.25, 0.3) is 0 Å². The van der Waals surface area contributed by atoms with Crippen LogP contribution in [0.1, 0.15) is 13.8 Å². The second-order valence-electron chi connectivity index (χ2n) is 4.74. The summed E-state index contributed by atoms with van der Waals surface area (Å²) in [5.74, 6) is 0.611. The number of halogens is 2. The highest BCUT2D eigenvalue weighted by molar-refractivity contribution is 9.10. The minimum Gasteiger partial charge on any atom is -0.491 e. The number of sulfonamides is 1. The number of hydrogen-bond acceptors (Lipinski definition) is 4. The molecule has 1 N–H and O–H groups in total. The molecule has 0 amide bonds. The first-order valence-electron chi connectivity index (χ1n) is 6.38. The molecular formula is C14H14BrClN2O3S. The van der Waals surface area contributed by atoms with Crippen molar-refractivity contribution in [2.24, 2.45) is 0 Å².